The van der Waals surface area contributed by atoms with Crippen molar-refractivity contribution in [3.63, 3.8) is 0 Å². The first-order chi connectivity index (χ1) is 11.3. The zero-order valence-corrected chi connectivity index (χ0v) is 13.4. The van der Waals surface area contributed by atoms with Gasteiger partial charge in [-0.1, -0.05) is 36.4 Å². The van der Waals surface area contributed by atoms with E-state index in [0.717, 1.165) is 50.3 Å². The van der Waals surface area contributed by atoms with Crippen molar-refractivity contribution >= 4 is 0 Å². The second-order valence-electron chi connectivity index (χ2n) is 6.58. The van der Waals surface area contributed by atoms with Gasteiger partial charge in [0.05, 0.1) is 0 Å². The lowest BCUT2D eigenvalue weighted by Gasteiger charge is -2.41. The van der Waals surface area contributed by atoms with Crippen LogP contribution in [0.5, 0.6) is 11.5 Å². The lowest BCUT2D eigenvalue weighted by atomic mass is 9.84. The van der Waals surface area contributed by atoms with Gasteiger partial charge in [0.25, 0.3) is 0 Å². The van der Waals surface area contributed by atoms with Crippen LogP contribution in [0.1, 0.15) is 30.4 Å². The van der Waals surface area contributed by atoms with Crippen molar-refractivity contribution in [2.24, 2.45) is 0 Å². The van der Waals surface area contributed by atoms with Gasteiger partial charge >= 0.3 is 0 Å². The number of nitrogens with one attached hydrogen (secondary N) is 1. The molecule has 120 valence electrons. The number of piperidine rings is 1. The van der Waals surface area contributed by atoms with E-state index in [9.17, 15) is 0 Å². The predicted molar refractivity (Wildman–Crippen MR) is 91.0 cm³/mol. The van der Waals surface area contributed by atoms with Crippen LogP contribution in [0.15, 0.2) is 48.5 Å². The van der Waals surface area contributed by atoms with E-state index in [2.05, 4.69) is 35.6 Å². The molecule has 2 aromatic rings. The molecule has 1 N–H and O–H groups in total. The van der Waals surface area contributed by atoms with E-state index in [1.54, 1.807) is 0 Å². The Hall–Kier alpha value is -2.00. The highest BCUT2D eigenvalue weighted by Gasteiger charge is 2.37. The molecule has 0 bridgehead atoms. The highest BCUT2D eigenvalue weighted by Crippen LogP contribution is 2.39. The van der Waals surface area contributed by atoms with Crippen LogP contribution in [0.3, 0.4) is 0 Å². The predicted octanol–water partition coefficient (Wildman–Crippen LogP) is 3.71. The monoisotopic (exact) mass is 309 g/mol. The standard InChI is InChI=1S/C20H23NO2/c1-2-4-16(5-3-1)15-22-18-7-6-17-8-9-20(23-19(17)14-18)10-12-21-13-11-20/h1-7,14,21H,8-13,15H2. The van der Waals surface area contributed by atoms with Gasteiger partial charge < -0.3 is 14.8 Å². The molecule has 23 heavy (non-hydrogen) atoms. The minimum absolute atomic E-state index is 0.0380. The Bertz CT molecular complexity index is 663. The van der Waals surface area contributed by atoms with Crippen molar-refractivity contribution < 1.29 is 9.47 Å². The summed E-state index contributed by atoms with van der Waals surface area (Å²) in [6, 6.07) is 16.5. The summed E-state index contributed by atoms with van der Waals surface area (Å²) in [5, 5.41) is 3.43. The molecule has 3 heteroatoms. The van der Waals surface area contributed by atoms with E-state index in [4.69, 9.17) is 9.47 Å². The number of benzene rings is 2. The quantitative estimate of drug-likeness (QED) is 0.937. The molecule has 0 amide bonds. The number of ether oxygens (including phenoxy) is 2. The molecule has 0 atom stereocenters. The number of hydrogen-bond donors (Lipinski definition) is 1. The Labute approximate surface area is 137 Å². The Morgan fingerprint density at radius 1 is 1.00 bits per heavy atom. The van der Waals surface area contributed by atoms with Crippen LogP contribution < -0.4 is 14.8 Å². The van der Waals surface area contributed by atoms with Crippen LogP contribution >= 0.6 is 0 Å². The fourth-order valence-electron chi connectivity index (χ4n) is 3.55. The van der Waals surface area contributed by atoms with E-state index >= 15 is 0 Å². The summed E-state index contributed by atoms with van der Waals surface area (Å²) in [7, 11) is 0. The van der Waals surface area contributed by atoms with Gasteiger partial charge in [-0.3, -0.25) is 0 Å². The van der Waals surface area contributed by atoms with Crippen molar-refractivity contribution in [1.29, 1.82) is 0 Å². The summed E-state index contributed by atoms with van der Waals surface area (Å²) in [6.45, 7) is 2.70. The van der Waals surface area contributed by atoms with Crippen molar-refractivity contribution in [3.05, 3.63) is 59.7 Å². The van der Waals surface area contributed by atoms with Crippen LogP contribution in [0.25, 0.3) is 0 Å². The van der Waals surface area contributed by atoms with E-state index in [-0.39, 0.29) is 5.60 Å². The van der Waals surface area contributed by atoms with Crippen LogP contribution in [-0.4, -0.2) is 18.7 Å². The van der Waals surface area contributed by atoms with Crippen LogP contribution in [0, 0.1) is 0 Å². The zero-order chi connectivity index (χ0) is 15.5. The van der Waals surface area contributed by atoms with Crippen molar-refractivity contribution in [3.8, 4) is 11.5 Å². The average molecular weight is 309 g/mol. The van der Waals surface area contributed by atoms with Gasteiger partial charge in [0, 0.05) is 6.07 Å². The highest BCUT2D eigenvalue weighted by atomic mass is 16.5. The summed E-state index contributed by atoms with van der Waals surface area (Å²) in [4.78, 5) is 0. The first-order valence-electron chi connectivity index (χ1n) is 8.52. The third-order valence-corrected chi connectivity index (χ3v) is 4.98. The maximum Gasteiger partial charge on any atom is 0.127 e. The van der Waals surface area contributed by atoms with Crippen molar-refractivity contribution in [1.82, 2.24) is 5.32 Å². The fraction of sp³-hybridized carbons (Fsp3) is 0.400. The maximum absolute atomic E-state index is 6.43. The number of fused-ring (bicyclic) bond motifs is 1. The Morgan fingerprint density at radius 3 is 2.65 bits per heavy atom. The summed E-state index contributed by atoms with van der Waals surface area (Å²) >= 11 is 0. The molecule has 3 nitrogen and oxygen atoms in total. The molecular formula is C20H23NO2. The normalized spacial score (nSPS) is 19.0. The van der Waals surface area contributed by atoms with E-state index in [1.807, 2.05) is 18.2 Å². The van der Waals surface area contributed by atoms with Gasteiger partial charge in [0.1, 0.15) is 23.7 Å². The minimum atomic E-state index is 0.0380. The second kappa shape index (κ2) is 6.25. The lowest BCUT2D eigenvalue weighted by Crippen LogP contribution is -2.48. The number of hydrogen-bond acceptors (Lipinski definition) is 3. The van der Waals surface area contributed by atoms with Gasteiger partial charge in [-0.15, -0.1) is 0 Å². The lowest BCUT2D eigenvalue weighted by molar-refractivity contribution is 0.0167. The van der Waals surface area contributed by atoms with Crippen molar-refractivity contribution in [2.75, 3.05) is 13.1 Å². The summed E-state index contributed by atoms with van der Waals surface area (Å²) < 4.78 is 12.4. The van der Waals surface area contributed by atoms with E-state index in [0.29, 0.717) is 6.61 Å². The number of rotatable bonds is 3. The Morgan fingerprint density at radius 2 is 1.83 bits per heavy atom. The summed E-state index contributed by atoms with van der Waals surface area (Å²) in [5.41, 5.74) is 2.53. The molecule has 1 saturated heterocycles. The zero-order valence-electron chi connectivity index (χ0n) is 13.4. The summed E-state index contributed by atoms with van der Waals surface area (Å²) in [6.07, 6.45) is 4.43. The van der Waals surface area contributed by atoms with Crippen molar-refractivity contribution in [2.45, 2.75) is 37.9 Å². The molecule has 0 aromatic heterocycles. The summed E-state index contributed by atoms with van der Waals surface area (Å²) in [5.74, 6) is 1.90. The molecule has 2 aliphatic rings. The van der Waals surface area contributed by atoms with Gasteiger partial charge in [0.2, 0.25) is 0 Å². The molecule has 1 fully saturated rings. The van der Waals surface area contributed by atoms with Gasteiger partial charge in [-0.2, -0.15) is 0 Å². The van der Waals surface area contributed by atoms with E-state index in [1.165, 1.54) is 11.1 Å². The molecule has 0 aliphatic carbocycles. The Balaban J connectivity index is 1.48. The van der Waals surface area contributed by atoms with Gasteiger partial charge in [0.15, 0.2) is 0 Å². The Kier molecular flexibility index (Phi) is 3.96. The SMILES string of the molecule is c1ccc(COc2ccc3c(c2)OC2(CCNCC2)CC3)cc1. The third-order valence-electron chi connectivity index (χ3n) is 4.98. The minimum Gasteiger partial charge on any atom is -0.489 e. The van der Waals surface area contributed by atoms with Gasteiger partial charge in [-0.05, 0) is 56.0 Å². The largest absolute Gasteiger partial charge is 0.489 e. The van der Waals surface area contributed by atoms with E-state index < -0.39 is 0 Å². The topological polar surface area (TPSA) is 30.5 Å². The average Bonchev–Trinajstić information content (AvgIpc) is 2.61. The highest BCUT2D eigenvalue weighted by molar-refractivity contribution is 5.43. The molecule has 0 unspecified atom stereocenters. The van der Waals surface area contributed by atoms with Crippen LogP contribution in [-0.2, 0) is 13.0 Å². The molecule has 2 aromatic carbocycles. The molecule has 4 rings (SSSR count). The molecule has 2 aliphatic heterocycles. The third kappa shape index (κ3) is 3.20. The van der Waals surface area contributed by atoms with Crippen LogP contribution in [0.4, 0.5) is 0 Å². The molecular weight excluding hydrogens is 286 g/mol. The smallest absolute Gasteiger partial charge is 0.127 e. The first kappa shape index (κ1) is 14.6. The first-order valence-corrected chi connectivity index (χ1v) is 8.52. The van der Waals surface area contributed by atoms with Gasteiger partial charge in [-0.25, -0.2) is 0 Å². The number of aryl methyl sites for hydroxylation is 1. The molecule has 0 radical (unpaired) electrons. The molecule has 0 saturated carbocycles. The second-order valence-corrected chi connectivity index (χ2v) is 6.58. The maximum atomic E-state index is 6.43. The molecule has 2 heterocycles. The van der Waals surface area contributed by atoms with Crippen LogP contribution in [0.2, 0.25) is 0 Å². The fourth-order valence-corrected chi connectivity index (χ4v) is 3.55. The molecule has 1 spiro atoms.